The first-order valence-electron chi connectivity index (χ1n) is 9.12. The maximum absolute atomic E-state index is 5.16. The predicted octanol–water partition coefficient (Wildman–Crippen LogP) is 3.98. The third-order valence-corrected chi connectivity index (χ3v) is 19.6. The van der Waals surface area contributed by atoms with E-state index in [2.05, 4.69) is 37.3 Å². The summed E-state index contributed by atoms with van der Waals surface area (Å²) >= 11 is -2.37. The molecule has 0 aliphatic heterocycles. The monoisotopic (exact) mass is 417 g/mol. The van der Waals surface area contributed by atoms with E-state index in [9.17, 15) is 0 Å². The number of unbranched alkanes of at least 4 members (excludes halogenated alkanes) is 3. The third kappa shape index (κ3) is 6.18. The van der Waals surface area contributed by atoms with Crippen molar-refractivity contribution in [1.82, 2.24) is 15.0 Å². The molecule has 1 aromatic rings. The first kappa shape index (κ1) is 19.9. The Labute approximate surface area is 140 Å². The van der Waals surface area contributed by atoms with Crippen molar-refractivity contribution in [3.05, 3.63) is 6.20 Å². The van der Waals surface area contributed by atoms with Crippen LogP contribution >= 0.6 is 0 Å². The van der Waals surface area contributed by atoms with Crippen molar-refractivity contribution in [2.75, 3.05) is 13.7 Å². The van der Waals surface area contributed by atoms with Crippen LogP contribution in [0.3, 0.4) is 0 Å². The van der Waals surface area contributed by atoms with E-state index in [1.807, 2.05) is 4.68 Å². The van der Waals surface area contributed by atoms with Crippen molar-refractivity contribution in [3.63, 3.8) is 0 Å². The second kappa shape index (κ2) is 11.4. The molecule has 0 aromatic carbocycles. The fraction of sp³-hybridized carbons (Fsp3) is 0.882. The van der Waals surface area contributed by atoms with Crippen molar-refractivity contribution in [3.8, 4) is 0 Å². The van der Waals surface area contributed by atoms with Crippen molar-refractivity contribution < 1.29 is 4.74 Å². The van der Waals surface area contributed by atoms with Gasteiger partial charge in [0.15, 0.2) is 0 Å². The van der Waals surface area contributed by atoms with Crippen LogP contribution in [0.15, 0.2) is 6.20 Å². The van der Waals surface area contributed by atoms with Gasteiger partial charge in [-0.05, 0) is 0 Å². The fourth-order valence-electron chi connectivity index (χ4n) is 3.14. The van der Waals surface area contributed by atoms with Crippen LogP contribution in [0.2, 0.25) is 13.3 Å². The molecule has 0 saturated carbocycles. The average Bonchev–Trinajstić information content (AvgIpc) is 3.02. The van der Waals surface area contributed by atoms with Gasteiger partial charge < -0.3 is 0 Å². The average molecular weight is 416 g/mol. The summed E-state index contributed by atoms with van der Waals surface area (Å²) in [4.78, 5) is 0. The predicted molar refractivity (Wildman–Crippen MR) is 96.4 cm³/mol. The minimum absolute atomic E-state index is 0.712. The number of methoxy groups -OCH3 is 1. The molecule has 0 amide bonds. The molecule has 22 heavy (non-hydrogen) atoms. The van der Waals surface area contributed by atoms with E-state index in [4.69, 9.17) is 4.74 Å². The van der Waals surface area contributed by atoms with E-state index in [0.717, 1.165) is 6.54 Å². The molecule has 1 heterocycles. The summed E-state index contributed by atoms with van der Waals surface area (Å²) in [5, 5.41) is 9.03. The molecule has 0 aliphatic carbocycles. The van der Waals surface area contributed by atoms with Gasteiger partial charge in [-0.1, -0.05) is 0 Å². The van der Waals surface area contributed by atoms with Gasteiger partial charge >= 0.3 is 141 Å². The standard InChI is InChI=1S/C5H8N3O.3C4H9.Sn/c1-9-5-4-8-3-2-6-7-8;3*1-3-4-2;/h3H,4-5H2,1H3;3*1,3-4H2,2H3;. The molecule has 0 saturated heterocycles. The molecule has 0 N–H and O–H groups in total. The van der Waals surface area contributed by atoms with Crippen molar-refractivity contribution in [1.29, 1.82) is 0 Å². The summed E-state index contributed by atoms with van der Waals surface area (Å²) < 4.78 is 12.9. The second-order valence-electron chi connectivity index (χ2n) is 6.45. The molecule has 0 fully saturated rings. The van der Waals surface area contributed by atoms with E-state index in [-0.39, 0.29) is 0 Å². The van der Waals surface area contributed by atoms with Crippen LogP contribution in [0.5, 0.6) is 0 Å². The minimum atomic E-state index is -2.37. The Balaban J connectivity index is 2.94. The van der Waals surface area contributed by atoms with Crippen molar-refractivity contribution in [2.45, 2.75) is 79.2 Å². The summed E-state index contributed by atoms with van der Waals surface area (Å²) in [5.41, 5.74) is 0. The van der Waals surface area contributed by atoms with Gasteiger partial charge in [0.25, 0.3) is 0 Å². The maximum atomic E-state index is 5.16. The van der Waals surface area contributed by atoms with Gasteiger partial charge in [0.2, 0.25) is 0 Å². The first-order valence-corrected chi connectivity index (χ1v) is 16.6. The van der Waals surface area contributed by atoms with E-state index >= 15 is 0 Å². The van der Waals surface area contributed by atoms with Crippen LogP contribution in [0.25, 0.3) is 0 Å². The molecule has 0 atom stereocenters. The Kier molecular flexibility index (Phi) is 10.4. The molecule has 0 bridgehead atoms. The summed E-state index contributed by atoms with van der Waals surface area (Å²) in [6.07, 6.45) is 10.3. The molecule has 1 aromatic heterocycles. The van der Waals surface area contributed by atoms with Crippen LogP contribution in [-0.2, 0) is 11.3 Å². The Morgan fingerprint density at radius 1 is 1.00 bits per heavy atom. The zero-order valence-electron chi connectivity index (χ0n) is 15.1. The van der Waals surface area contributed by atoms with Crippen LogP contribution in [-0.4, -0.2) is 47.1 Å². The van der Waals surface area contributed by atoms with Crippen molar-refractivity contribution in [2.24, 2.45) is 0 Å². The van der Waals surface area contributed by atoms with Gasteiger partial charge in [-0.25, -0.2) is 0 Å². The molecule has 0 unspecified atom stereocenters. The number of nitrogens with zero attached hydrogens (tertiary/aromatic N) is 3. The molecule has 0 aliphatic rings. The fourth-order valence-corrected chi connectivity index (χ4v) is 18.2. The van der Waals surface area contributed by atoms with E-state index in [1.54, 1.807) is 7.11 Å². The quantitative estimate of drug-likeness (QED) is 0.457. The number of hydrogen-bond acceptors (Lipinski definition) is 3. The molecular formula is C17H35N3OSn. The molecule has 0 spiro atoms. The number of ether oxygens (including phenoxy) is 1. The van der Waals surface area contributed by atoms with Gasteiger partial charge in [-0.15, -0.1) is 0 Å². The van der Waals surface area contributed by atoms with Crippen LogP contribution < -0.4 is 3.71 Å². The summed E-state index contributed by atoms with van der Waals surface area (Å²) in [5.74, 6) is 0. The molecular weight excluding hydrogens is 381 g/mol. The zero-order chi connectivity index (χ0) is 16.3. The van der Waals surface area contributed by atoms with Gasteiger partial charge in [0.05, 0.1) is 0 Å². The van der Waals surface area contributed by atoms with Gasteiger partial charge in [0, 0.05) is 0 Å². The first-order chi connectivity index (χ1) is 10.7. The Morgan fingerprint density at radius 2 is 1.55 bits per heavy atom. The molecule has 4 nitrogen and oxygen atoms in total. The number of hydrogen-bond donors (Lipinski definition) is 0. The van der Waals surface area contributed by atoms with Crippen LogP contribution in [0.1, 0.15) is 59.3 Å². The molecule has 1 rings (SSSR count). The van der Waals surface area contributed by atoms with Gasteiger partial charge in [0.1, 0.15) is 0 Å². The van der Waals surface area contributed by atoms with Gasteiger partial charge in [-0.3, -0.25) is 0 Å². The van der Waals surface area contributed by atoms with Gasteiger partial charge in [-0.2, -0.15) is 0 Å². The molecule has 0 radical (unpaired) electrons. The normalized spacial score (nSPS) is 12.0. The van der Waals surface area contributed by atoms with E-state index in [1.165, 1.54) is 55.5 Å². The Hall–Kier alpha value is -0.101. The van der Waals surface area contributed by atoms with Crippen LogP contribution in [0.4, 0.5) is 0 Å². The molecule has 128 valence electrons. The SMILES string of the molecule is CCC[CH2][Sn]([CH2]CCC)([CH2]CCC)[c]1cn(CCOC)nn1. The second-order valence-corrected chi connectivity index (χ2v) is 19.5. The third-order valence-electron chi connectivity index (χ3n) is 4.63. The van der Waals surface area contributed by atoms with Crippen molar-refractivity contribution >= 4 is 22.1 Å². The Morgan fingerprint density at radius 3 is 2.00 bits per heavy atom. The summed E-state index contributed by atoms with van der Waals surface area (Å²) in [6.45, 7) is 8.47. The molecule has 5 heteroatoms. The van der Waals surface area contributed by atoms with E-state index < -0.39 is 18.4 Å². The number of rotatable bonds is 13. The Bertz CT molecular complexity index is 373. The zero-order valence-corrected chi connectivity index (χ0v) is 18.0. The van der Waals surface area contributed by atoms with E-state index in [0.29, 0.717) is 6.61 Å². The summed E-state index contributed by atoms with van der Waals surface area (Å²) in [6, 6.07) is 0. The van der Waals surface area contributed by atoms with Crippen LogP contribution in [0, 0.1) is 0 Å². The summed E-state index contributed by atoms with van der Waals surface area (Å²) in [7, 11) is 1.74. The number of aromatic nitrogens is 3. The topological polar surface area (TPSA) is 39.9 Å².